The molecular formula is C21H15F6OP. The van der Waals surface area contributed by atoms with E-state index in [9.17, 15) is 26.3 Å². The third-order valence-electron chi connectivity index (χ3n) is 4.23. The van der Waals surface area contributed by atoms with Crippen LogP contribution in [0.25, 0.3) is 5.57 Å². The van der Waals surface area contributed by atoms with Crippen LogP contribution < -0.4 is 4.74 Å². The van der Waals surface area contributed by atoms with Gasteiger partial charge >= 0.3 is 6.11 Å². The van der Waals surface area contributed by atoms with E-state index in [1.54, 1.807) is 24.3 Å². The molecule has 8 heteroatoms. The number of hydrogen-bond acceptors (Lipinski definition) is 1. The highest BCUT2D eigenvalue weighted by Crippen LogP contribution is 2.40. The lowest BCUT2D eigenvalue weighted by Crippen LogP contribution is -2.28. The van der Waals surface area contributed by atoms with Crippen molar-refractivity contribution in [1.82, 2.24) is 0 Å². The van der Waals surface area contributed by atoms with Crippen molar-refractivity contribution in [3.63, 3.8) is 0 Å². The molecule has 152 valence electrons. The summed E-state index contributed by atoms with van der Waals surface area (Å²) in [6.45, 7) is 1.87. The molecule has 2 aromatic rings. The van der Waals surface area contributed by atoms with Gasteiger partial charge in [0, 0.05) is 18.6 Å². The van der Waals surface area contributed by atoms with Gasteiger partial charge in [-0.15, -0.1) is 9.24 Å². The summed E-state index contributed by atoms with van der Waals surface area (Å²) in [4.78, 5) is 0. The van der Waals surface area contributed by atoms with E-state index in [1.807, 2.05) is 6.92 Å². The van der Waals surface area contributed by atoms with Crippen LogP contribution in [-0.2, 0) is 0 Å². The fraction of sp³-hybridized carbons (Fsp3) is 0.143. The lowest BCUT2D eigenvalue weighted by molar-refractivity contribution is -0.144. The van der Waals surface area contributed by atoms with Crippen LogP contribution in [0.1, 0.15) is 17.5 Å². The standard InChI is InChI=1S/C21H15F6OP/c1-11-2-4-12(5-3-11)13-6-15(29)10-16(17(22)7-13)21(26,27)28-14-8-18(23)20(25)19(24)9-14/h2-9H,10,29H2,1H3. The number of halogens is 6. The van der Waals surface area contributed by atoms with Crippen molar-refractivity contribution in [2.75, 3.05) is 0 Å². The summed E-state index contributed by atoms with van der Waals surface area (Å²) in [5.41, 5.74) is 0.954. The Morgan fingerprint density at radius 2 is 1.52 bits per heavy atom. The molecule has 1 unspecified atom stereocenters. The zero-order chi connectivity index (χ0) is 21.3. The topological polar surface area (TPSA) is 9.23 Å². The number of allylic oxidation sites excluding steroid dienone is 5. The first-order chi connectivity index (χ1) is 13.6. The molecule has 0 aliphatic heterocycles. The molecule has 0 bridgehead atoms. The molecule has 0 saturated heterocycles. The van der Waals surface area contributed by atoms with Gasteiger partial charge in [-0.05, 0) is 29.5 Å². The molecule has 2 aromatic carbocycles. The van der Waals surface area contributed by atoms with Gasteiger partial charge in [-0.1, -0.05) is 35.9 Å². The molecule has 0 saturated carbocycles. The molecule has 0 fully saturated rings. The fourth-order valence-corrected chi connectivity index (χ4v) is 3.14. The first kappa shape index (κ1) is 21.2. The highest BCUT2D eigenvalue weighted by Gasteiger charge is 2.40. The minimum atomic E-state index is -4.23. The normalized spacial score (nSPS) is 15.0. The molecule has 3 rings (SSSR count). The molecule has 0 amide bonds. The Morgan fingerprint density at radius 3 is 2.10 bits per heavy atom. The van der Waals surface area contributed by atoms with Crippen molar-refractivity contribution in [3.8, 4) is 5.75 Å². The van der Waals surface area contributed by atoms with E-state index in [4.69, 9.17) is 0 Å². The number of benzene rings is 2. The SMILES string of the molecule is Cc1ccc(C2=CC(F)=C(C(F)(F)Oc3cc(F)c(F)c(F)c3)CC(P)=C2)cc1. The van der Waals surface area contributed by atoms with Crippen molar-refractivity contribution in [2.45, 2.75) is 19.5 Å². The lowest BCUT2D eigenvalue weighted by Gasteiger charge is -2.21. The van der Waals surface area contributed by atoms with Gasteiger partial charge in [0.25, 0.3) is 0 Å². The number of alkyl halides is 2. The average Bonchev–Trinajstić information content (AvgIpc) is 2.78. The van der Waals surface area contributed by atoms with E-state index in [0.29, 0.717) is 16.5 Å². The van der Waals surface area contributed by atoms with Gasteiger partial charge in [-0.3, -0.25) is 0 Å². The maximum atomic E-state index is 14.7. The summed E-state index contributed by atoms with van der Waals surface area (Å²) in [6, 6.07) is 7.60. The molecular weight excluding hydrogens is 413 g/mol. The Balaban J connectivity index is 1.98. The summed E-state index contributed by atoms with van der Waals surface area (Å²) >= 11 is 0. The third-order valence-corrected chi connectivity index (χ3v) is 4.60. The predicted octanol–water partition coefficient (Wildman–Crippen LogP) is 6.85. The molecule has 0 radical (unpaired) electrons. The van der Waals surface area contributed by atoms with Gasteiger partial charge in [0.15, 0.2) is 17.5 Å². The molecule has 0 heterocycles. The second-order valence-electron chi connectivity index (χ2n) is 6.51. The number of rotatable bonds is 4. The maximum absolute atomic E-state index is 14.7. The van der Waals surface area contributed by atoms with Gasteiger partial charge in [-0.2, -0.15) is 8.78 Å². The van der Waals surface area contributed by atoms with Crippen LogP contribution in [0.5, 0.6) is 5.75 Å². The van der Waals surface area contributed by atoms with Crippen molar-refractivity contribution in [3.05, 3.63) is 93.8 Å². The molecule has 0 N–H and O–H groups in total. The van der Waals surface area contributed by atoms with Gasteiger partial charge in [0.05, 0.1) is 5.57 Å². The second kappa shape index (κ2) is 8.07. The van der Waals surface area contributed by atoms with Crippen LogP contribution in [0.4, 0.5) is 26.3 Å². The van der Waals surface area contributed by atoms with Gasteiger partial charge in [0.2, 0.25) is 0 Å². The van der Waals surface area contributed by atoms with Crippen molar-refractivity contribution in [2.24, 2.45) is 0 Å². The summed E-state index contributed by atoms with van der Waals surface area (Å²) in [7, 11) is 2.25. The number of aryl methyl sites for hydroxylation is 1. The molecule has 0 aromatic heterocycles. The Morgan fingerprint density at radius 1 is 0.931 bits per heavy atom. The first-order valence-electron chi connectivity index (χ1n) is 8.42. The first-order valence-corrected chi connectivity index (χ1v) is 9.00. The summed E-state index contributed by atoms with van der Waals surface area (Å²) in [6.07, 6.45) is -2.24. The van der Waals surface area contributed by atoms with E-state index >= 15 is 0 Å². The van der Waals surface area contributed by atoms with Crippen LogP contribution in [0.15, 0.2) is 65.3 Å². The van der Waals surface area contributed by atoms with Crippen LogP contribution in [0.2, 0.25) is 0 Å². The Bertz CT molecular complexity index is 1010. The lowest BCUT2D eigenvalue weighted by atomic mass is 10.0. The zero-order valence-corrected chi connectivity index (χ0v) is 16.2. The number of hydrogen-bond donors (Lipinski definition) is 0. The van der Waals surface area contributed by atoms with Crippen LogP contribution in [-0.4, -0.2) is 6.11 Å². The molecule has 1 aliphatic rings. The van der Waals surface area contributed by atoms with Crippen molar-refractivity contribution >= 4 is 14.8 Å². The highest BCUT2D eigenvalue weighted by atomic mass is 31.0. The van der Waals surface area contributed by atoms with E-state index in [1.165, 1.54) is 6.08 Å². The second-order valence-corrected chi connectivity index (χ2v) is 7.25. The van der Waals surface area contributed by atoms with E-state index in [0.717, 1.165) is 11.6 Å². The highest BCUT2D eigenvalue weighted by molar-refractivity contribution is 7.22. The minimum absolute atomic E-state index is 0.270. The van der Waals surface area contributed by atoms with Gasteiger partial charge in [0.1, 0.15) is 11.6 Å². The smallest absolute Gasteiger partial charge is 0.426 e. The summed E-state index contributed by atoms with van der Waals surface area (Å²) < 4.78 is 87.9. The maximum Gasteiger partial charge on any atom is 0.426 e. The van der Waals surface area contributed by atoms with E-state index < -0.39 is 47.1 Å². The van der Waals surface area contributed by atoms with Crippen LogP contribution in [0.3, 0.4) is 0 Å². The Kier molecular flexibility index (Phi) is 5.90. The quantitative estimate of drug-likeness (QED) is 0.294. The number of ether oxygens (including phenoxy) is 1. The fourth-order valence-electron chi connectivity index (χ4n) is 2.76. The Hall–Kier alpha value is -2.53. The molecule has 0 spiro atoms. The monoisotopic (exact) mass is 428 g/mol. The van der Waals surface area contributed by atoms with Gasteiger partial charge in [-0.25, -0.2) is 17.6 Å². The van der Waals surface area contributed by atoms with E-state index in [2.05, 4.69) is 14.0 Å². The zero-order valence-electron chi connectivity index (χ0n) is 15.1. The molecule has 1 nitrogen and oxygen atoms in total. The molecule has 1 atom stereocenters. The van der Waals surface area contributed by atoms with Crippen molar-refractivity contribution < 1.29 is 31.1 Å². The summed E-state index contributed by atoms with van der Waals surface area (Å²) in [5.74, 6) is -7.41. The van der Waals surface area contributed by atoms with Crippen LogP contribution >= 0.6 is 9.24 Å². The minimum Gasteiger partial charge on any atom is -0.429 e. The van der Waals surface area contributed by atoms with Crippen molar-refractivity contribution in [1.29, 1.82) is 0 Å². The third kappa shape index (κ3) is 4.73. The average molecular weight is 428 g/mol. The largest absolute Gasteiger partial charge is 0.429 e. The molecule has 29 heavy (non-hydrogen) atoms. The van der Waals surface area contributed by atoms with Crippen LogP contribution in [0, 0.1) is 24.4 Å². The summed E-state index contributed by atoms with van der Waals surface area (Å²) in [5, 5.41) is 0.346. The van der Waals surface area contributed by atoms with Gasteiger partial charge < -0.3 is 4.74 Å². The van der Waals surface area contributed by atoms with E-state index in [-0.39, 0.29) is 12.1 Å². The molecule has 1 aliphatic carbocycles. The Labute approximate surface area is 165 Å². The predicted molar refractivity (Wildman–Crippen MR) is 102 cm³/mol.